The zero-order valence-corrected chi connectivity index (χ0v) is 14.5. The maximum Gasteiger partial charge on any atom is 0.410 e. The summed E-state index contributed by atoms with van der Waals surface area (Å²) in [5.41, 5.74) is 0.151. The highest BCUT2D eigenvalue weighted by molar-refractivity contribution is 7.14. The molecule has 0 radical (unpaired) electrons. The third-order valence-corrected chi connectivity index (χ3v) is 5.27. The van der Waals surface area contributed by atoms with Crippen molar-refractivity contribution in [1.82, 2.24) is 4.90 Å². The maximum atomic E-state index is 12.3. The molecular weight excluding hydrogens is 302 g/mol. The number of hydrogen-bond donors (Lipinski definition) is 1. The summed E-state index contributed by atoms with van der Waals surface area (Å²) in [7, 11) is 1.75. The molecule has 1 atom stereocenters. The summed E-state index contributed by atoms with van der Waals surface area (Å²) in [4.78, 5) is 26.5. The highest BCUT2D eigenvalue weighted by Gasteiger charge is 2.39. The number of ether oxygens (including phenoxy) is 1. The number of aromatic carboxylic acids is 1. The van der Waals surface area contributed by atoms with Crippen molar-refractivity contribution in [3.8, 4) is 0 Å². The summed E-state index contributed by atoms with van der Waals surface area (Å²) in [6.45, 7) is 7.56. The number of carbonyl (C=O) groups is 2. The Balaban J connectivity index is 2.18. The molecule has 0 saturated heterocycles. The molecular formula is C16H23NO4S. The van der Waals surface area contributed by atoms with Crippen molar-refractivity contribution in [2.75, 3.05) is 7.05 Å². The fourth-order valence-electron chi connectivity index (χ4n) is 2.65. The summed E-state index contributed by atoms with van der Waals surface area (Å²) < 4.78 is 5.44. The summed E-state index contributed by atoms with van der Waals surface area (Å²) in [6.07, 6.45) is 1.90. The molecule has 1 unspecified atom stereocenters. The zero-order chi connectivity index (χ0) is 16.7. The highest BCUT2D eigenvalue weighted by Crippen LogP contribution is 2.37. The third-order valence-electron chi connectivity index (χ3n) is 4.05. The van der Waals surface area contributed by atoms with Crippen LogP contribution >= 0.6 is 11.3 Å². The molecule has 122 valence electrons. The first-order valence-corrected chi connectivity index (χ1v) is 8.15. The van der Waals surface area contributed by atoms with Gasteiger partial charge in [-0.05, 0) is 58.6 Å². The van der Waals surface area contributed by atoms with E-state index in [0.29, 0.717) is 11.3 Å². The first kappa shape index (κ1) is 16.8. The van der Waals surface area contributed by atoms with Crippen molar-refractivity contribution >= 4 is 23.4 Å². The van der Waals surface area contributed by atoms with E-state index in [0.717, 1.165) is 23.3 Å². The lowest BCUT2D eigenvalue weighted by Gasteiger charge is -2.42. The van der Waals surface area contributed by atoms with Gasteiger partial charge in [0.2, 0.25) is 0 Å². The van der Waals surface area contributed by atoms with E-state index in [4.69, 9.17) is 9.84 Å². The molecule has 0 bridgehead atoms. The Kier molecular flexibility index (Phi) is 4.26. The summed E-state index contributed by atoms with van der Waals surface area (Å²) in [5, 5.41) is 9.12. The molecule has 0 saturated carbocycles. The lowest BCUT2D eigenvalue weighted by atomic mass is 9.81. The Bertz CT molecular complexity index is 602. The Morgan fingerprint density at radius 3 is 2.59 bits per heavy atom. The van der Waals surface area contributed by atoms with Crippen LogP contribution in [0.1, 0.15) is 54.2 Å². The van der Waals surface area contributed by atoms with Crippen molar-refractivity contribution in [3.63, 3.8) is 0 Å². The minimum atomic E-state index is -0.887. The molecule has 1 aromatic heterocycles. The Morgan fingerprint density at radius 1 is 1.41 bits per heavy atom. The molecule has 1 aromatic rings. The van der Waals surface area contributed by atoms with E-state index in [1.807, 2.05) is 27.7 Å². The number of aryl methyl sites for hydroxylation is 1. The molecule has 2 rings (SSSR count). The predicted molar refractivity (Wildman–Crippen MR) is 85.7 cm³/mol. The van der Waals surface area contributed by atoms with Crippen LogP contribution in [0.4, 0.5) is 4.79 Å². The minimum absolute atomic E-state index is 0.341. The highest BCUT2D eigenvalue weighted by atomic mass is 32.1. The Hall–Kier alpha value is -1.56. The summed E-state index contributed by atoms with van der Waals surface area (Å²) >= 11 is 1.34. The quantitative estimate of drug-likeness (QED) is 0.903. The molecule has 0 aromatic carbocycles. The van der Waals surface area contributed by atoms with Crippen LogP contribution in [0.15, 0.2) is 6.07 Å². The van der Waals surface area contributed by atoms with Gasteiger partial charge >= 0.3 is 12.1 Å². The molecule has 22 heavy (non-hydrogen) atoms. The second-order valence-electron chi connectivity index (χ2n) is 7.08. The van der Waals surface area contributed by atoms with Gasteiger partial charge in [-0.25, -0.2) is 9.59 Å². The van der Waals surface area contributed by atoms with Crippen LogP contribution in [0.3, 0.4) is 0 Å². The number of rotatable bonds is 2. The number of thiophene rings is 1. The van der Waals surface area contributed by atoms with Gasteiger partial charge in [0.1, 0.15) is 10.5 Å². The van der Waals surface area contributed by atoms with Crippen molar-refractivity contribution in [3.05, 3.63) is 21.4 Å². The van der Waals surface area contributed by atoms with Crippen molar-refractivity contribution in [2.24, 2.45) is 0 Å². The molecule has 1 aliphatic rings. The van der Waals surface area contributed by atoms with Crippen LogP contribution in [0, 0.1) is 0 Å². The van der Waals surface area contributed by atoms with Gasteiger partial charge in [0, 0.05) is 17.5 Å². The van der Waals surface area contributed by atoms with Crippen LogP contribution in [0.2, 0.25) is 0 Å². The number of amides is 1. The number of hydrogen-bond acceptors (Lipinski definition) is 4. The SMILES string of the molecule is CN(C(=O)OC(C)(C)C)C1(C)CCc2sc(C(=O)O)cc2C1. The molecule has 1 N–H and O–H groups in total. The number of carboxylic acids is 1. The van der Waals surface area contributed by atoms with Gasteiger partial charge in [0.25, 0.3) is 0 Å². The van der Waals surface area contributed by atoms with Crippen LogP contribution in [-0.4, -0.2) is 40.3 Å². The van der Waals surface area contributed by atoms with E-state index in [1.54, 1.807) is 18.0 Å². The van der Waals surface area contributed by atoms with E-state index in [-0.39, 0.29) is 11.6 Å². The van der Waals surface area contributed by atoms with Crippen molar-refractivity contribution in [2.45, 2.75) is 58.1 Å². The Morgan fingerprint density at radius 2 is 2.05 bits per heavy atom. The molecule has 0 spiro atoms. The van der Waals surface area contributed by atoms with Crippen LogP contribution in [-0.2, 0) is 17.6 Å². The van der Waals surface area contributed by atoms with Gasteiger partial charge in [-0.1, -0.05) is 0 Å². The normalized spacial score (nSPS) is 21.1. The van der Waals surface area contributed by atoms with Crippen LogP contribution in [0.25, 0.3) is 0 Å². The van der Waals surface area contributed by atoms with Gasteiger partial charge in [-0.2, -0.15) is 0 Å². The number of carboxylic acid groups (broad SMARTS) is 1. The Labute approximate surface area is 134 Å². The van der Waals surface area contributed by atoms with Gasteiger partial charge in [-0.3, -0.25) is 0 Å². The van der Waals surface area contributed by atoms with E-state index in [9.17, 15) is 9.59 Å². The van der Waals surface area contributed by atoms with Crippen LogP contribution < -0.4 is 0 Å². The van der Waals surface area contributed by atoms with Gasteiger partial charge < -0.3 is 14.7 Å². The van der Waals surface area contributed by atoms with Gasteiger partial charge in [-0.15, -0.1) is 11.3 Å². The molecule has 1 aliphatic carbocycles. The van der Waals surface area contributed by atoms with E-state index in [1.165, 1.54) is 11.3 Å². The minimum Gasteiger partial charge on any atom is -0.477 e. The van der Waals surface area contributed by atoms with Crippen molar-refractivity contribution in [1.29, 1.82) is 0 Å². The topological polar surface area (TPSA) is 66.8 Å². The number of fused-ring (bicyclic) bond motifs is 1. The third kappa shape index (κ3) is 3.43. The summed E-state index contributed by atoms with van der Waals surface area (Å²) in [5.74, 6) is -0.887. The molecule has 1 amide bonds. The number of likely N-dealkylation sites (N-methyl/N-ethyl adjacent to an activating group) is 1. The maximum absolute atomic E-state index is 12.3. The first-order valence-electron chi connectivity index (χ1n) is 7.33. The van der Waals surface area contributed by atoms with E-state index in [2.05, 4.69) is 0 Å². The van der Waals surface area contributed by atoms with Crippen LogP contribution in [0.5, 0.6) is 0 Å². The smallest absolute Gasteiger partial charge is 0.410 e. The van der Waals surface area contributed by atoms with Crippen molar-refractivity contribution < 1.29 is 19.4 Å². The monoisotopic (exact) mass is 325 g/mol. The van der Waals surface area contributed by atoms with E-state index >= 15 is 0 Å². The molecule has 6 heteroatoms. The second kappa shape index (κ2) is 5.57. The second-order valence-corrected chi connectivity index (χ2v) is 8.21. The molecule has 1 heterocycles. The van der Waals surface area contributed by atoms with Gasteiger partial charge in [0.05, 0.1) is 0 Å². The standard InChI is InChI=1S/C16H23NO4S/c1-15(2,3)21-14(20)17(5)16(4)7-6-11-10(9-16)8-12(22-11)13(18)19/h8H,6-7,9H2,1-5H3,(H,18,19). The fourth-order valence-corrected chi connectivity index (χ4v) is 3.67. The lowest BCUT2D eigenvalue weighted by Crippen LogP contribution is -2.52. The largest absolute Gasteiger partial charge is 0.477 e. The zero-order valence-electron chi connectivity index (χ0n) is 13.7. The number of nitrogens with zero attached hydrogens (tertiary/aromatic N) is 1. The molecule has 0 aliphatic heterocycles. The summed E-state index contributed by atoms with van der Waals surface area (Å²) in [6, 6.07) is 1.74. The molecule has 5 nitrogen and oxygen atoms in total. The fraction of sp³-hybridized carbons (Fsp3) is 0.625. The van der Waals surface area contributed by atoms with Gasteiger partial charge in [0.15, 0.2) is 0 Å². The van der Waals surface area contributed by atoms with E-state index < -0.39 is 11.6 Å². The molecule has 0 fully saturated rings. The average molecular weight is 325 g/mol. The predicted octanol–water partition coefficient (Wildman–Crippen LogP) is 3.56. The number of carbonyl (C=O) groups excluding carboxylic acids is 1. The average Bonchev–Trinajstić information content (AvgIpc) is 2.78. The lowest BCUT2D eigenvalue weighted by molar-refractivity contribution is 0.00560. The first-order chi connectivity index (χ1) is 10.0.